The molecule has 0 saturated heterocycles. The number of hydrogen-bond donors (Lipinski definition) is 2. The highest BCUT2D eigenvalue weighted by molar-refractivity contribution is 7.80. The van der Waals surface area contributed by atoms with Gasteiger partial charge in [0, 0.05) is 24.5 Å². The standard InChI is InChI=1S/C20H28N4S/c1-14(10-11-22-23-19(21)25)6-7-16-8-9-18-17(12-16)15(2)13-20(3,4)24(18)5/h6-12,15H,13H2,1-5H3,(H3,21,23,25)/b7-6+,14-10-,22-11+. The molecule has 0 aliphatic carbocycles. The fourth-order valence-electron chi connectivity index (χ4n) is 3.24. The first-order valence-corrected chi connectivity index (χ1v) is 8.93. The monoisotopic (exact) mass is 356 g/mol. The van der Waals surface area contributed by atoms with E-state index in [9.17, 15) is 0 Å². The molecule has 1 atom stereocenters. The number of rotatable bonds is 4. The first-order valence-electron chi connectivity index (χ1n) is 8.52. The van der Waals surface area contributed by atoms with Gasteiger partial charge < -0.3 is 10.6 Å². The maximum absolute atomic E-state index is 5.31. The largest absolute Gasteiger partial charge is 0.375 e. The minimum Gasteiger partial charge on any atom is -0.375 e. The Bertz CT molecular complexity index is 731. The summed E-state index contributed by atoms with van der Waals surface area (Å²) in [7, 11) is 2.19. The minimum atomic E-state index is 0.161. The Morgan fingerprint density at radius 3 is 2.84 bits per heavy atom. The molecule has 25 heavy (non-hydrogen) atoms. The number of allylic oxidation sites excluding steroid dienone is 3. The van der Waals surface area contributed by atoms with Crippen molar-refractivity contribution in [2.75, 3.05) is 11.9 Å². The summed E-state index contributed by atoms with van der Waals surface area (Å²) >= 11 is 4.69. The minimum absolute atomic E-state index is 0.161. The summed E-state index contributed by atoms with van der Waals surface area (Å²) in [6.07, 6.45) is 8.92. The number of nitrogens with two attached hydrogens (primary N) is 1. The predicted octanol–water partition coefficient (Wildman–Crippen LogP) is 4.19. The summed E-state index contributed by atoms with van der Waals surface area (Å²) in [5, 5.41) is 4.06. The second-order valence-electron chi connectivity index (χ2n) is 7.29. The lowest BCUT2D eigenvalue weighted by molar-refractivity contribution is 0.395. The molecule has 0 bridgehead atoms. The van der Waals surface area contributed by atoms with Gasteiger partial charge >= 0.3 is 0 Å². The van der Waals surface area contributed by atoms with Crippen molar-refractivity contribution in [3.63, 3.8) is 0 Å². The average Bonchev–Trinajstić information content (AvgIpc) is 2.54. The van der Waals surface area contributed by atoms with Crippen molar-refractivity contribution in [1.29, 1.82) is 0 Å². The Hall–Kier alpha value is -2.14. The van der Waals surface area contributed by atoms with Gasteiger partial charge in [-0.3, -0.25) is 5.43 Å². The topological polar surface area (TPSA) is 53.6 Å². The first kappa shape index (κ1) is 19.2. The van der Waals surface area contributed by atoms with E-state index >= 15 is 0 Å². The number of anilines is 1. The van der Waals surface area contributed by atoms with E-state index in [2.05, 4.69) is 85.8 Å². The van der Waals surface area contributed by atoms with E-state index in [4.69, 9.17) is 5.73 Å². The van der Waals surface area contributed by atoms with Gasteiger partial charge in [-0.1, -0.05) is 25.1 Å². The van der Waals surface area contributed by atoms with Gasteiger partial charge in [0.05, 0.1) is 0 Å². The van der Waals surface area contributed by atoms with E-state index in [-0.39, 0.29) is 10.7 Å². The lowest BCUT2D eigenvalue weighted by Gasteiger charge is -2.45. The van der Waals surface area contributed by atoms with Crippen LogP contribution < -0.4 is 16.1 Å². The molecule has 0 amide bonds. The molecule has 2 rings (SSSR count). The van der Waals surface area contributed by atoms with E-state index in [0.29, 0.717) is 5.92 Å². The zero-order valence-corrected chi connectivity index (χ0v) is 16.5. The molecule has 1 heterocycles. The maximum Gasteiger partial charge on any atom is 0.184 e. The van der Waals surface area contributed by atoms with Gasteiger partial charge in [0.1, 0.15) is 0 Å². The van der Waals surface area contributed by atoms with Crippen LogP contribution in [-0.4, -0.2) is 23.9 Å². The summed E-state index contributed by atoms with van der Waals surface area (Å²) in [5.74, 6) is 0.560. The molecule has 1 aromatic rings. The quantitative estimate of drug-likeness (QED) is 0.368. The summed E-state index contributed by atoms with van der Waals surface area (Å²) < 4.78 is 0. The molecule has 0 aromatic heterocycles. The lowest BCUT2D eigenvalue weighted by Crippen LogP contribution is -2.45. The summed E-state index contributed by atoms with van der Waals surface area (Å²) in [6, 6.07) is 6.72. The van der Waals surface area contributed by atoms with Crippen LogP contribution in [0.2, 0.25) is 0 Å². The van der Waals surface area contributed by atoms with Crippen LogP contribution in [0.25, 0.3) is 6.08 Å². The molecular formula is C20H28N4S. The van der Waals surface area contributed by atoms with Crippen molar-refractivity contribution in [2.45, 2.75) is 45.6 Å². The Kier molecular flexibility index (Phi) is 6.01. The van der Waals surface area contributed by atoms with Crippen LogP contribution in [0.3, 0.4) is 0 Å². The number of nitrogens with zero attached hydrogens (tertiary/aromatic N) is 2. The Labute approximate surface area is 156 Å². The fraction of sp³-hybridized carbons (Fsp3) is 0.400. The number of nitrogens with one attached hydrogen (secondary N) is 1. The highest BCUT2D eigenvalue weighted by Gasteiger charge is 2.33. The Balaban J connectivity index is 2.15. The van der Waals surface area contributed by atoms with Crippen LogP contribution in [0.15, 0.2) is 41.0 Å². The second-order valence-corrected chi connectivity index (χ2v) is 7.73. The fourth-order valence-corrected chi connectivity index (χ4v) is 3.29. The van der Waals surface area contributed by atoms with Crippen molar-refractivity contribution in [2.24, 2.45) is 10.8 Å². The predicted molar refractivity (Wildman–Crippen MR) is 113 cm³/mol. The number of benzene rings is 1. The molecule has 0 saturated carbocycles. The van der Waals surface area contributed by atoms with Gasteiger partial charge in [0.25, 0.3) is 0 Å². The van der Waals surface area contributed by atoms with E-state index in [1.807, 2.05) is 13.0 Å². The third-order valence-corrected chi connectivity index (χ3v) is 4.87. The van der Waals surface area contributed by atoms with Gasteiger partial charge in [0.2, 0.25) is 0 Å². The molecule has 5 heteroatoms. The molecule has 3 N–H and O–H groups in total. The Morgan fingerprint density at radius 1 is 1.44 bits per heavy atom. The SMILES string of the molecule is CC(=C/C=N/NC(N)=S)/C=C/c1ccc2c(c1)C(C)CC(C)(C)N2C. The zero-order valence-electron chi connectivity index (χ0n) is 15.7. The summed E-state index contributed by atoms with van der Waals surface area (Å²) in [4.78, 5) is 2.40. The van der Waals surface area contributed by atoms with Gasteiger partial charge in [0.15, 0.2) is 5.11 Å². The number of hydrazone groups is 1. The van der Waals surface area contributed by atoms with Crippen LogP contribution in [0.4, 0.5) is 5.69 Å². The molecular weight excluding hydrogens is 328 g/mol. The molecule has 0 spiro atoms. The van der Waals surface area contributed by atoms with Gasteiger partial charge in [-0.05, 0) is 80.2 Å². The molecule has 4 nitrogen and oxygen atoms in total. The molecule has 0 radical (unpaired) electrons. The van der Waals surface area contributed by atoms with Crippen LogP contribution in [-0.2, 0) is 0 Å². The van der Waals surface area contributed by atoms with Gasteiger partial charge in [-0.15, -0.1) is 0 Å². The third-order valence-electron chi connectivity index (χ3n) is 4.78. The number of hydrogen-bond acceptors (Lipinski definition) is 3. The van der Waals surface area contributed by atoms with Crippen molar-refractivity contribution >= 4 is 35.3 Å². The van der Waals surface area contributed by atoms with Crippen molar-refractivity contribution < 1.29 is 0 Å². The van der Waals surface area contributed by atoms with E-state index in [0.717, 1.165) is 12.0 Å². The lowest BCUT2D eigenvalue weighted by atomic mass is 9.80. The Morgan fingerprint density at radius 2 is 2.16 bits per heavy atom. The average molecular weight is 357 g/mol. The third kappa shape index (κ3) is 4.92. The number of thiocarbonyl (C=S) groups is 1. The molecule has 0 fully saturated rings. The molecule has 1 aliphatic rings. The van der Waals surface area contributed by atoms with Crippen molar-refractivity contribution in [3.8, 4) is 0 Å². The normalized spacial score (nSPS) is 20.1. The first-order chi connectivity index (χ1) is 11.7. The molecule has 1 aliphatic heterocycles. The highest BCUT2D eigenvalue weighted by atomic mass is 32.1. The summed E-state index contributed by atoms with van der Waals surface area (Å²) in [5.41, 5.74) is 13.1. The van der Waals surface area contributed by atoms with E-state index in [1.54, 1.807) is 6.21 Å². The van der Waals surface area contributed by atoms with Gasteiger partial charge in [-0.2, -0.15) is 5.10 Å². The van der Waals surface area contributed by atoms with Crippen molar-refractivity contribution in [1.82, 2.24) is 5.43 Å². The van der Waals surface area contributed by atoms with Crippen LogP contribution in [0.5, 0.6) is 0 Å². The van der Waals surface area contributed by atoms with Crippen LogP contribution >= 0.6 is 12.2 Å². The molecule has 1 unspecified atom stereocenters. The van der Waals surface area contributed by atoms with E-state index < -0.39 is 0 Å². The highest BCUT2D eigenvalue weighted by Crippen LogP contribution is 2.42. The van der Waals surface area contributed by atoms with Gasteiger partial charge in [-0.25, -0.2) is 0 Å². The summed E-state index contributed by atoms with van der Waals surface area (Å²) in [6.45, 7) is 8.96. The van der Waals surface area contributed by atoms with Crippen LogP contribution in [0, 0.1) is 0 Å². The smallest absolute Gasteiger partial charge is 0.184 e. The van der Waals surface area contributed by atoms with Crippen molar-refractivity contribution in [3.05, 3.63) is 47.1 Å². The maximum atomic E-state index is 5.31. The number of fused-ring (bicyclic) bond motifs is 1. The van der Waals surface area contributed by atoms with Crippen LogP contribution in [0.1, 0.15) is 51.2 Å². The molecule has 1 aromatic carbocycles. The second kappa shape index (κ2) is 7.83. The molecule has 134 valence electrons. The van der Waals surface area contributed by atoms with E-state index in [1.165, 1.54) is 16.8 Å². The zero-order chi connectivity index (χ0) is 18.6.